The molecule has 3 N–H and O–H groups in total. The Morgan fingerprint density at radius 3 is 2.75 bits per heavy atom. The number of aromatic nitrogens is 1. The van der Waals surface area contributed by atoms with Gasteiger partial charge in [-0.25, -0.2) is 0 Å². The number of pyridine rings is 1. The minimum Gasteiger partial charge on any atom is -0.349 e. The molecule has 0 bridgehead atoms. The van der Waals surface area contributed by atoms with E-state index in [0.29, 0.717) is 0 Å². The van der Waals surface area contributed by atoms with Crippen molar-refractivity contribution in [2.45, 2.75) is 18.9 Å². The predicted octanol–water partition coefficient (Wildman–Crippen LogP) is 1.01. The Balaban J connectivity index is 1.87. The van der Waals surface area contributed by atoms with Crippen molar-refractivity contribution in [2.75, 3.05) is 13.1 Å². The van der Waals surface area contributed by atoms with Gasteiger partial charge in [-0.15, -0.1) is 0 Å². The summed E-state index contributed by atoms with van der Waals surface area (Å²) in [4.78, 5) is 27.0. The number of hydrogen-bond acceptors (Lipinski definition) is 3. The number of carbonyl (C=O) groups excluding carboxylic acids is 1. The van der Waals surface area contributed by atoms with E-state index in [1.165, 1.54) is 0 Å². The summed E-state index contributed by atoms with van der Waals surface area (Å²) in [6.07, 6.45) is 1.80. The van der Waals surface area contributed by atoms with Crippen molar-refractivity contribution in [1.82, 2.24) is 15.6 Å². The molecule has 1 amide bonds. The fourth-order valence-electron chi connectivity index (χ4n) is 2.55. The Kier molecular flexibility index (Phi) is 3.52. The van der Waals surface area contributed by atoms with Gasteiger partial charge in [0.2, 0.25) is 0 Å². The third kappa shape index (κ3) is 2.58. The van der Waals surface area contributed by atoms with E-state index in [0.717, 1.165) is 36.8 Å². The third-order valence-electron chi connectivity index (χ3n) is 3.67. The van der Waals surface area contributed by atoms with Gasteiger partial charge in [-0.2, -0.15) is 0 Å². The lowest BCUT2D eigenvalue weighted by Crippen LogP contribution is -2.43. The van der Waals surface area contributed by atoms with Gasteiger partial charge in [0.1, 0.15) is 5.56 Å². The summed E-state index contributed by atoms with van der Waals surface area (Å²) >= 11 is 0. The molecular formula is C15H17N3O2. The van der Waals surface area contributed by atoms with Gasteiger partial charge in [-0.3, -0.25) is 9.59 Å². The zero-order valence-corrected chi connectivity index (χ0v) is 11.1. The number of amides is 1. The number of hydrogen-bond donors (Lipinski definition) is 3. The van der Waals surface area contributed by atoms with Crippen molar-refractivity contribution in [1.29, 1.82) is 0 Å². The van der Waals surface area contributed by atoms with Crippen molar-refractivity contribution < 1.29 is 4.79 Å². The number of para-hydroxylation sites is 1. The molecule has 1 aromatic carbocycles. The van der Waals surface area contributed by atoms with Crippen LogP contribution in [0.2, 0.25) is 0 Å². The normalized spacial score (nSPS) is 16.2. The number of benzene rings is 1. The molecule has 20 heavy (non-hydrogen) atoms. The number of aromatic amines is 1. The van der Waals surface area contributed by atoms with Crippen molar-refractivity contribution in [2.24, 2.45) is 0 Å². The van der Waals surface area contributed by atoms with Crippen LogP contribution in [0.15, 0.2) is 35.1 Å². The Hall–Kier alpha value is -2.14. The molecule has 1 saturated heterocycles. The lowest BCUT2D eigenvalue weighted by atomic mass is 10.1. The molecule has 0 saturated carbocycles. The van der Waals surface area contributed by atoms with E-state index >= 15 is 0 Å². The molecule has 5 heteroatoms. The topological polar surface area (TPSA) is 74.0 Å². The molecule has 5 nitrogen and oxygen atoms in total. The highest BCUT2D eigenvalue weighted by Crippen LogP contribution is 2.10. The highest BCUT2D eigenvalue weighted by Gasteiger charge is 2.18. The lowest BCUT2D eigenvalue weighted by Gasteiger charge is -2.23. The zero-order chi connectivity index (χ0) is 13.9. The van der Waals surface area contributed by atoms with Crippen LogP contribution in [0.25, 0.3) is 10.9 Å². The predicted molar refractivity (Wildman–Crippen MR) is 77.9 cm³/mol. The maximum absolute atomic E-state index is 12.2. The third-order valence-corrected chi connectivity index (χ3v) is 3.67. The number of rotatable bonds is 2. The molecule has 0 spiro atoms. The van der Waals surface area contributed by atoms with E-state index in [-0.39, 0.29) is 23.1 Å². The first-order chi connectivity index (χ1) is 9.74. The van der Waals surface area contributed by atoms with Crippen molar-refractivity contribution in [3.05, 3.63) is 46.2 Å². The minimum absolute atomic E-state index is 0.148. The smallest absolute Gasteiger partial charge is 0.261 e. The molecule has 2 heterocycles. The number of carbonyl (C=O) groups is 1. The van der Waals surface area contributed by atoms with Crippen LogP contribution in [-0.4, -0.2) is 30.0 Å². The number of H-pyrrole nitrogens is 1. The van der Waals surface area contributed by atoms with Gasteiger partial charge >= 0.3 is 0 Å². The van der Waals surface area contributed by atoms with Crippen molar-refractivity contribution in [3.63, 3.8) is 0 Å². The quantitative estimate of drug-likeness (QED) is 0.763. The lowest BCUT2D eigenvalue weighted by molar-refractivity contribution is 0.0928. The highest BCUT2D eigenvalue weighted by molar-refractivity contribution is 5.97. The van der Waals surface area contributed by atoms with Gasteiger partial charge < -0.3 is 15.6 Å². The van der Waals surface area contributed by atoms with Crippen LogP contribution >= 0.6 is 0 Å². The SMILES string of the molecule is O=C(NC1CCNCC1)c1cc2ccccc2[nH]c1=O. The molecule has 0 radical (unpaired) electrons. The summed E-state index contributed by atoms with van der Waals surface area (Å²) in [6.45, 7) is 1.80. The maximum atomic E-state index is 12.2. The van der Waals surface area contributed by atoms with E-state index in [1.54, 1.807) is 6.07 Å². The second kappa shape index (κ2) is 5.46. The van der Waals surface area contributed by atoms with E-state index in [1.807, 2.05) is 24.3 Å². The summed E-state index contributed by atoms with van der Waals surface area (Å²) in [5.74, 6) is -0.288. The monoisotopic (exact) mass is 271 g/mol. The molecule has 3 rings (SSSR count). The fraction of sp³-hybridized carbons (Fsp3) is 0.333. The Bertz CT molecular complexity index is 687. The number of fused-ring (bicyclic) bond motifs is 1. The van der Waals surface area contributed by atoms with Gasteiger partial charge in [-0.05, 0) is 43.5 Å². The average molecular weight is 271 g/mol. The van der Waals surface area contributed by atoms with Crippen molar-refractivity contribution >= 4 is 16.8 Å². The van der Waals surface area contributed by atoms with E-state index < -0.39 is 0 Å². The fourth-order valence-corrected chi connectivity index (χ4v) is 2.55. The van der Waals surface area contributed by atoms with Crippen LogP contribution in [0.1, 0.15) is 23.2 Å². The highest BCUT2D eigenvalue weighted by atomic mass is 16.2. The van der Waals surface area contributed by atoms with Crippen LogP contribution in [0.5, 0.6) is 0 Å². The average Bonchev–Trinajstić information content (AvgIpc) is 2.47. The molecule has 0 unspecified atom stereocenters. The number of piperidine rings is 1. The molecular weight excluding hydrogens is 254 g/mol. The molecule has 1 aromatic heterocycles. The van der Waals surface area contributed by atoms with Crippen LogP contribution in [0, 0.1) is 0 Å². The second-order valence-electron chi connectivity index (χ2n) is 5.10. The molecule has 0 atom stereocenters. The molecule has 2 aromatic rings. The molecule has 1 aliphatic rings. The second-order valence-corrected chi connectivity index (χ2v) is 5.10. The first-order valence-corrected chi connectivity index (χ1v) is 6.88. The van der Waals surface area contributed by atoms with E-state index in [9.17, 15) is 9.59 Å². The van der Waals surface area contributed by atoms with E-state index in [4.69, 9.17) is 0 Å². The summed E-state index contributed by atoms with van der Waals surface area (Å²) in [5, 5.41) is 7.05. The van der Waals surface area contributed by atoms with Gasteiger partial charge in [0.05, 0.1) is 0 Å². The summed E-state index contributed by atoms with van der Waals surface area (Å²) < 4.78 is 0. The maximum Gasteiger partial charge on any atom is 0.261 e. The largest absolute Gasteiger partial charge is 0.349 e. The standard InChI is InChI=1S/C15H17N3O2/c19-14(17-11-5-7-16-8-6-11)12-9-10-3-1-2-4-13(10)18-15(12)20/h1-4,9,11,16H,5-8H2,(H,17,19)(H,18,20). The minimum atomic E-state index is -0.338. The Morgan fingerprint density at radius 1 is 1.20 bits per heavy atom. The number of nitrogens with one attached hydrogen (secondary N) is 3. The van der Waals surface area contributed by atoms with Gasteiger partial charge in [0, 0.05) is 11.6 Å². The van der Waals surface area contributed by atoms with Crippen LogP contribution < -0.4 is 16.2 Å². The Morgan fingerprint density at radius 2 is 1.95 bits per heavy atom. The van der Waals surface area contributed by atoms with Gasteiger partial charge in [-0.1, -0.05) is 18.2 Å². The van der Waals surface area contributed by atoms with Gasteiger partial charge in [0.15, 0.2) is 0 Å². The van der Waals surface area contributed by atoms with E-state index in [2.05, 4.69) is 15.6 Å². The van der Waals surface area contributed by atoms with Crippen LogP contribution in [-0.2, 0) is 0 Å². The zero-order valence-electron chi connectivity index (χ0n) is 11.1. The molecule has 0 aliphatic carbocycles. The Labute approximate surface area is 116 Å². The van der Waals surface area contributed by atoms with Crippen LogP contribution in [0.4, 0.5) is 0 Å². The first-order valence-electron chi connectivity index (χ1n) is 6.88. The molecule has 1 aliphatic heterocycles. The molecule has 104 valence electrons. The van der Waals surface area contributed by atoms with Crippen molar-refractivity contribution in [3.8, 4) is 0 Å². The molecule has 1 fully saturated rings. The van der Waals surface area contributed by atoms with Crippen LogP contribution in [0.3, 0.4) is 0 Å². The summed E-state index contributed by atoms with van der Waals surface area (Å²) in [5.41, 5.74) is 0.591. The summed E-state index contributed by atoms with van der Waals surface area (Å²) in [7, 11) is 0. The summed E-state index contributed by atoms with van der Waals surface area (Å²) in [6, 6.07) is 9.25. The first kappa shape index (κ1) is 12.9. The van der Waals surface area contributed by atoms with Gasteiger partial charge in [0.25, 0.3) is 11.5 Å².